The summed E-state index contributed by atoms with van der Waals surface area (Å²) in [6.07, 6.45) is 5.08. The Balaban J connectivity index is 1.65. The highest BCUT2D eigenvalue weighted by atomic mass is 16.3. The van der Waals surface area contributed by atoms with E-state index in [0.29, 0.717) is 5.56 Å². The molecule has 154 valence electrons. The van der Waals surface area contributed by atoms with E-state index in [0.717, 1.165) is 36.1 Å². The van der Waals surface area contributed by atoms with Gasteiger partial charge >= 0.3 is 0 Å². The Bertz CT molecular complexity index is 1160. The van der Waals surface area contributed by atoms with Crippen LogP contribution < -0.4 is 0 Å². The average molecular weight is 406 g/mol. The largest absolute Gasteiger partial charge is 0.507 e. The molecule has 2 nitrogen and oxygen atoms in total. The maximum Gasteiger partial charge on any atom is 0.132 e. The quantitative estimate of drug-likeness (QED) is 0.312. The molecule has 4 aromatic rings. The number of nitrogens with zero attached hydrogens (tertiary/aromatic N) is 1. The molecule has 2 heteroatoms. The van der Waals surface area contributed by atoms with E-state index in [2.05, 4.69) is 43.3 Å². The van der Waals surface area contributed by atoms with Crippen LogP contribution in [0.3, 0.4) is 0 Å². The van der Waals surface area contributed by atoms with Crippen LogP contribution >= 0.6 is 0 Å². The predicted molar refractivity (Wildman–Crippen MR) is 131 cm³/mol. The molecule has 0 heterocycles. The van der Waals surface area contributed by atoms with Gasteiger partial charge in [-0.1, -0.05) is 92.2 Å². The van der Waals surface area contributed by atoms with Gasteiger partial charge < -0.3 is 5.11 Å². The number of unbranched alkanes of at least 4 members (excludes halogenated alkanes) is 1. The van der Waals surface area contributed by atoms with Crippen LogP contribution in [0.4, 0.5) is 5.69 Å². The van der Waals surface area contributed by atoms with Crippen molar-refractivity contribution in [2.75, 3.05) is 0 Å². The van der Waals surface area contributed by atoms with Gasteiger partial charge in [0.15, 0.2) is 0 Å². The van der Waals surface area contributed by atoms with Gasteiger partial charge in [-0.3, -0.25) is 4.99 Å². The predicted octanol–water partition coefficient (Wildman–Crippen LogP) is 7.82. The van der Waals surface area contributed by atoms with E-state index < -0.39 is 0 Å². The van der Waals surface area contributed by atoms with Crippen LogP contribution in [-0.2, 0) is 6.42 Å². The van der Waals surface area contributed by atoms with Crippen LogP contribution in [0.25, 0.3) is 22.3 Å². The number of hydrogen-bond acceptors (Lipinski definition) is 2. The summed E-state index contributed by atoms with van der Waals surface area (Å²) in [5.41, 5.74) is 7.22. The number of aliphatic imine (C=N–C) groups is 1. The first-order chi connectivity index (χ1) is 15.3. The maximum absolute atomic E-state index is 10.8. The number of phenolic OH excluding ortho intramolecular Hbond substituents is 1. The molecule has 0 aromatic heterocycles. The second kappa shape index (κ2) is 9.90. The first-order valence-corrected chi connectivity index (χ1v) is 10.9. The van der Waals surface area contributed by atoms with Crippen LogP contribution in [0, 0.1) is 0 Å². The van der Waals surface area contributed by atoms with Crippen molar-refractivity contribution >= 4 is 11.9 Å². The van der Waals surface area contributed by atoms with Gasteiger partial charge in [-0.15, -0.1) is 0 Å². The lowest BCUT2D eigenvalue weighted by Gasteiger charge is -2.11. The van der Waals surface area contributed by atoms with E-state index in [1.165, 1.54) is 16.7 Å². The minimum Gasteiger partial charge on any atom is -0.507 e. The molecule has 31 heavy (non-hydrogen) atoms. The molecule has 0 fully saturated rings. The van der Waals surface area contributed by atoms with Crippen molar-refractivity contribution in [2.24, 2.45) is 4.99 Å². The lowest BCUT2D eigenvalue weighted by Crippen LogP contribution is -1.91. The van der Waals surface area contributed by atoms with E-state index in [1.54, 1.807) is 6.21 Å². The Morgan fingerprint density at radius 3 is 2.10 bits per heavy atom. The molecule has 0 atom stereocenters. The zero-order chi connectivity index (χ0) is 21.5. The lowest BCUT2D eigenvalue weighted by molar-refractivity contribution is 0.476. The molecular formula is C29H27NO. The maximum atomic E-state index is 10.8. The van der Waals surface area contributed by atoms with Gasteiger partial charge in [0, 0.05) is 17.3 Å². The summed E-state index contributed by atoms with van der Waals surface area (Å²) in [6, 6.07) is 32.6. The molecule has 0 aliphatic carbocycles. The third-order valence-corrected chi connectivity index (χ3v) is 5.48. The smallest absolute Gasteiger partial charge is 0.132 e. The van der Waals surface area contributed by atoms with E-state index in [4.69, 9.17) is 4.99 Å². The normalized spacial score (nSPS) is 11.1. The van der Waals surface area contributed by atoms with Crippen molar-refractivity contribution in [1.82, 2.24) is 0 Å². The molecule has 4 rings (SSSR count). The standard InChI is InChI=1S/C29H27NO/c1-2-3-11-24-20-26(18-19-27(24)22-12-6-4-7-13-22)30-21-25-16-10-17-28(29(25)31)23-14-8-5-9-15-23/h4-10,12-21,31H,2-3,11H2,1H3. The summed E-state index contributed by atoms with van der Waals surface area (Å²) in [5, 5.41) is 10.8. The molecule has 0 spiro atoms. The molecule has 0 unspecified atom stereocenters. The molecule has 0 amide bonds. The third-order valence-electron chi connectivity index (χ3n) is 5.48. The van der Waals surface area contributed by atoms with Crippen molar-refractivity contribution in [3.8, 4) is 28.0 Å². The molecular weight excluding hydrogens is 378 g/mol. The van der Waals surface area contributed by atoms with Gasteiger partial charge in [0.25, 0.3) is 0 Å². The van der Waals surface area contributed by atoms with Crippen molar-refractivity contribution in [1.29, 1.82) is 0 Å². The van der Waals surface area contributed by atoms with Crippen LogP contribution in [0.5, 0.6) is 5.75 Å². The fourth-order valence-corrected chi connectivity index (χ4v) is 3.79. The van der Waals surface area contributed by atoms with Gasteiger partial charge in [0.2, 0.25) is 0 Å². The first kappa shape index (κ1) is 20.6. The van der Waals surface area contributed by atoms with Crippen LogP contribution in [0.2, 0.25) is 0 Å². The SMILES string of the molecule is CCCCc1cc(N=Cc2cccc(-c3ccccc3)c2O)ccc1-c1ccccc1. The van der Waals surface area contributed by atoms with Gasteiger partial charge in [-0.05, 0) is 53.3 Å². The van der Waals surface area contributed by atoms with Gasteiger partial charge in [-0.25, -0.2) is 0 Å². The fraction of sp³-hybridized carbons (Fsp3) is 0.138. The van der Waals surface area contributed by atoms with Gasteiger partial charge in [0.1, 0.15) is 5.75 Å². The monoisotopic (exact) mass is 405 g/mol. The summed E-state index contributed by atoms with van der Waals surface area (Å²) in [7, 11) is 0. The molecule has 1 N–H and O–H groups in total. The Kier molecular flexibility index (Phi) is 6.59. The average Bonchev–Trinajstić information content (AvgIpc) is 2.83. The van der Waals surface area contributed by atoms with Gasteiger partial charge in [-0.2, -0.15) is 0 Å². The number of hydrogen-bond donors (Lipinski definition) is 1. The zero-order valence-corrected chi connectivity index (χ0v) is 17.8. The summed E-state index contributed by atoms with van der Waals surface area (Å²) in [6.45, 7) is 2.21. The third kappa shape index (κ3) is 4.92. The summed E-state index contributed by atoms with van der Waals surface area (Å²) >= 11 is 0. The molecule has 0 radical (unpaired) electrons. The molecule has 0 bridgehead atoms. The molecule has 4 aromatic carbocycles. The Hall–Kier alpha value is -3.65. The molecule has 0 saturated carbocycles. The lowest BCUT2D eigenvalue weighted by atomic mass is 9.95. The highest BCUT2D eigenvalue weighted by molar-refractivity contribution is 5.90. The number of aromatic hydroxyl groups is 1. The van der Waals surface area contributed by atoms with E-state index >= 15 is 0 Å². The Labute approximate surface area is 184 Å². The summed E-state index contributed by atoms with van der Waals surface area (Å²) in [5.74, 6) is 0.254. The zero-order valence-electron chi connectivity index (χ0n) is 17.8. The highest BCUT2D eigenvalue weighted by Gasteiger charge is 2.08. The fourth-order valence-electron chi connectivity index (χ4n) is 3.79. The molecule has 0 saturated heterocycles. The summed E-state index contributed by atoms with van der Waals surface area (Å²) in [4.78, 5) is 4.69. The van der Waals surface area contributed by atoms with Crippen LogP contribution in [-0.4, -0.2) is 11.3 Å². The van der Waals surface area contributed by atoms with Gasteiger partial charge in [0.05, 0.1) is 5.69 Å². The Morgan fingerprint density at radius 2 is 1.42 bits per heavy atom. The molecule has 0 aliphatic heterocycles. The second-order valence-corrected chi connectivity index (χ2v) is 7.68. The van der Waals surface area contributed by atoms with Crippen molar-refractivity contribution < 1.29 is 5.11 Å². The summed E-state index contributed by atoms with van der Waals surface area (Å²) < 4.78 is 0. The minimum atomic E-state index is 0.254. The number of benzene rings is 4. The van der Waals surface area contributed by atoms with E-state index in [9.17, 15) is 5.11 Å². The number of aryl methyl sites for hydroxylation is 1. The number of rotatable bonds is 7. The first-order valence-electron chi connectivity index (χ1n) is 10.9. The number of phenols is 1. The highest BCUT2D eigenvalue weighted by Crippen LogP contribution is 2.32. The minimum absolute atomic E-state index is 0.254. The van der Waals surface area contributed by atoms with Crippen LogP contribution in [0.1, 0.15) is 30.9 Å². The second-order valence-electron chi connectivity index (χ2n) is 7.68. The molecule has 0 aliphatic rings. The Morgan fingerprint density at radius 1 is 0.742 bits per heavy atom. The van der Waals surface area contributed by atoms with Crippen LogP contribution in [0.15, 0.2) is 102 Å². The number of para-hydroxylation sites is 1. The van der Waals surface area contributed by atoms with Crippen molar-refractivity contribution in [3.05, 3.63) is 108 Å². The van der Waals surface area contributed by atoms with E-state index in [-0.39, 0.29) is 5.75 Å². The van der Waals surface area contributed by atoms with E-state index in [1.807, 2.05) is 60.7 Å². The van der Waals surface area contributed by atoms with Crippen molar-refractivity contribution in [3.63, 3.8) is 0 Å². The van der Waals surface area contributed by atoms with Crippen molar-refractivity contribution in [2.45, 2.75) is 26.2 Å². The topological polar surface area (TPSA) is 32.6 Å².